The molecule has 0 saturated heterocycles. The van der Waals surface area contributed by atoms with Crippen molar-refractivity contribution >= 4 is 23.2 Å². The first-order chi connectivity index (χ1) is 9.33. The topological polar surface area (TPSA) is 48.3 Å². The van der Waals surface area contributed by atoms with Crippen molar-refractivity contribution in [2.45, 2.75) is 39.8 Å². The fraction of sp³-hybridized carbons (Fsp3) is 0.375. The summed E-state index contributed by atoms with van der Waals surface area (Å²) < 4.78 is 7.17. The second-order valence-electron chi connectivity index (χ2n) is 5.81. The molecule has 2 rings (SSSR count). The molecule has 0 spiro atoms. The van der Waals surface area contributed by atoms with E-state index < -0.39 is 5.60 Å². The lowest BCUT2D eigenvalue weighted by atomic mass is 10.1. The summed E-state index contributed by atoms with van der Waals surface area (Å²) in [4.78, 5) is 23.2. The predicted molar refractivity (Wildman–Crippen MR) is 77.9 cm³/mol. The number of aromatic nitrogens is 1. The van der Waals surface area contributed by atoms with Crippen molar-refractivity contribution in [3.8, 4) is 0 Å². The van der Waals surface area contributed by atoms with Crippen molar-refractivity contribution in [1.82, 2.24) is 4.57 Å². The summed E-state index contributed by atoms with van der Waals surface area (Å²) in [5, 5.41) is 0.864. The molecule has 1 aromatic heterocycles. The molecule has 4 nitrogen and oxygen atoms in total. The Morgan fingerprint density at radius 3 is 2.55 bits per heavy atom. The Bertz CT molecular complexity index is 662. The average Bonchev–Trinajstić information content (AvgIpc) is 2.60. The van der Waals surface area contributed by atoms with E-state index in [1.54, 1.807) is 0 Å². The van der Waals surface area contributed by atoms with E-state index in [-0.39, 0.29) is 12.5 Å². The molecule has 0 saturated carbocycles. The molecule has 20 heavy (non-hydrogen) atoms. The maximum Gasteiger partial charge on any atom is 0.326 e. The zero-order chi connectivity index (χ0) is 14.9. The standard InChI is InChI=1S/C16H19NO3/c1-11-13(10-18)12-7-5-6-8-14(12)17(11)9-15(19)20-16(2,3)4/h5-8,10H,9H2,1-4H3. The first kappa shape index (κ1) is 14.3. The van der Waals surface area contributed by atoms with Crippen LogP contribution in [0.5, 0.6) is 0 Å². The molecule has 4 heteroatoms. The molecule has 0 amide bonds. The van der Waals surface area contributed by atoms with Crippen molar-refractivity contribution in [2.24, 2.45) is 0 Å². The number of benzene rings is 1. The molecule has 0 aliphatic carbocycles. The second kappa shape index (κ2) is 5.12. The molecule has 0 aliphatic rings. The van der Waals surface area contributed by atoms with E-state index in [4.69, 9.17) is 4.74 Å². The molecular formula is C16H19NO3. The molecule has 0 bridgehead atoms. The van der Waals surface area contributed by atoms with Crippen LogP contribution in [0, 0.1) is 6.92 Å². The van der Waals surface area contributed by atoms with E-state index >= 15 is 0 Å². The van der Waals surface area contributed by atoms with Crippen molar-refractivity contribution in [3.63, 3.8) is 0 Å². The number of hydrogen-bond donors (Lipinski definition) is 0. The number of para-hydroxylation sites is 1. The lowest BCUT2D eigenvalue weighted by Gasteiger charge is -2.20. The predicted octanol–water partition coefficient (Wildman–Crippen LogP) is 3.10. The van der Waals surface area contributed by atoms with Gasteiger partial charge in [-0.3, -0.25) is 9.59 Å². The summed E-state index contributed by atoms with van der Waals surface area (Å²) >= 11 is 0. The van der Waals surface area contributed by atoms with Gasteiger partial charge in [0.1, 0.15) is 12.1 Å². The Balaban J connectivity index is 2.42. The van der Waals surface area contributed by atoms with Crippen molar-refractivity contribution in [2.75, 3.05) is 0 Å². The number of aldehydes is 1. The highest BCUT2D eigenvalue weighted by Gasteiger charge is 2.19. The number of fused-ring (bicyclic) bond motifs is 1. The van der Waals surface area contributed by atoms with Gasteiger partial charge in [-0.2, -0.15) is 0 Å². The normalized spacial score (nSPS) is 11.6. The van der Waals surface area contributed by atoms with Crippen molar-refractivity contribution in [1.29, 1.82) is 0 Å². The number of hydrogen-bond acceptors (Lipinski definition) is 3. The van der Waals surface area contributed by atoms with Crippen LogP contribution in [0.2, 0.25) is 0 Å². The third-order valence-corrected chi connectivity index (χ3v) is 3.10. The van der Waals surface area contributed by atoms with Crippen LogP contribution in [-0.2, 0) is 16.1 Å². The van der Waals surface area contributed by atoms with Crippen LogP contribution in [0.25, 0.3) is 10.9 Å². The Morgan fingerprint density at radius 1 is 1.30 bits per heavy atom. The van der Waals surface area contributed by atoms with Crippen LogP contribution in [0.4, 0.5) is 0 Å². The molecule has 0 radical (unpaired) electrons. The van der Waals surface area contributed by atoms with Crippen molar-refractivity contribution in [3.05, 3.63) is 35.5 Å². The molecule has 1 heterocycles. The highest BCUT2D eigenvalue weighted by molar-refractivity contribution is 5.99. The number of carbonyl (C=O) groups is 2. The fourth-order valence-corrected chi connectivity index (χ4v) is 2.31. The number of ether oxygens (including phenoxy) is 1. The quantitative estimate of drug-likeness (QED) is 0.637. The first-order valence-corrected chi connectivity index (χ1v) is 6.58. The minimum Gasteiger partial charge on any atom is -0.459 e. The Hall–Kier alpha value is -2.10. The molecule has 0 unspecified atom stereocenters. The van der Waals surface area contributed by atoms with Gasteiger partial charge in [0, 0.05) is 22.2 Å². The summed E-state index contributed by atoms with van der Waals surface area (Å²) in [6.45, 7) is 7.46. The maximum atomic E-state index is 12.0. The van der Waals surface area contributed by atoms with E-state index in [1.165, 1.54) is 0 Å². The molecule has 0 fully saturated rings. The summed E-state index contributed by atoms with van der Waals surface area (Å²) in [6.07, 6.45) is 0.837. The third kappa shape index (κ3) is 2.74. The van der Waals surface area contributed by atoms with E-state index in [0.717, 1.165) is 22.9 Å². The van der Waals surface area contributed by atoms with E-state index in [9.17, 15) is 9.59 Å². The van der Waals surface area contributed by atoms with E-state index in [0.29, 0.717) is 5.56 Å². The van der Waals surface area contributed by atoms with Gasteiger partial charge in [-0.1, -0.05) is 18.2 Å². The SMILES string of the molecule is Cc1c(C=O)c2ccccc2n1CC(=O)OC(C)(C)C. The second-order valence-corrected chi connectivity index (χ2v) is 5.81. The van der Waals surface area contributed by atoms with Crippen LogP contribution in [-0.4, -0.2) is 22.4 Å². The van der Waals surface area contributed by atoms with Gasteiger partial charge >= 0.3 is 5.97 Å². The summed E-state index contributed by atoms with van der Waals surface area (Å²) in [7, 11) is 0. The van der Waals surface area contributed by atoms with Crippen molar-refractivity contribution < 1.29 is 14.3 Å². The van der Waals surface area contributed by atoms with Gasteiger partial charge in [0.05, 0.1) is 0 Å². The first-order valence-electron chi connectivity index (χ1n) is 6.58. The summed E-state index contributed by atoms with van der Waals surface area (Å²) in [5.74, 6) is -0.307. The minimum atomic E-state index is -0.512. The largest absolute Gasteiger partial charge is 0.459 e. The van der Waals surface area contributed by atoms with E-state index in [1.807, 2.05) is 56.5 Å². The van der Waals surface area contributed by atoms with Crippen LogP contribution in [0.3, 0.4) is 0 Å². The smallest absolute Gasteiger partial charge is 0.326 e. The summed E-state index contributed by atoms with van der Waals surface area (Å²) in [6, 6.07) is 7.56. The highest BCUT2D eigenvalue weighted by atomic mass is 16.6. The van der Waals surface area contributed by atoms with Gasteiger partial charge in [-0.15, -0.1) is 0 Å². The fourth-order valence-electron chi connectivity index (χ4n) is 2.31. The zero-order valence-corrected chi connectivity index (χ0v) is 12.3. The van der Waals surface area contributed by atoms with Crippen LogP contribution >= 0.6 is 0 Å². The lowest BCUT2D eigenvalue weighted by Crippen LogP contribution is -2.26. The molecule has 0 aliphatic heterocycles. The molecular weight excluding hydrogens is 254 g/mol. The molecule has 106 valence electrons. The number of esters is 1. The highest BCUT2D eigenvalue weighted by Crippen LogP contribution is 2.24. The Labute approximate surface area is 118 Å². The maximum absolute atomic E-state index is 12.0. The molecule has 0 N–H and O–H groups in total. The number of nitrogens with zero attached hydrogens (tertiary/aromatic N) is 1. The lowest BCUT2D eigenvalue weighted by molar-refractivity contribution is -0.155. The van der Waals surface area contributed by atoms with E-state index in [2.05, 4.69) is 0 Å². The van der Waals surface area contributed by atoms with Gasteiger partial charge in [0.2, 0.25) is 0 Å². The molecule has 2 aromatic rings. The van der Waals surface area contributed by atoms with Gasteiger partial charge in [0.15, 0.2) is 6.29 Å². The Morgan fingerprint density at radius 2 is 1.95 bits per heavy atom. The van der Waals surface area contributed by atoms with Gasteiger partial charge in [-0.25, -0.2) is 0 Å². The molecule has 0 atom stereocenters. The Kier molecular flexibility index (Phi) is 3.66. The third-order valence-electron chi connectivity index (χ3n) is 3.10. The summed E-state index contributed by atoms with van der Waals surface area (Å²) in [5.41, 5.74) is 1.77. The van der Waals surface area contributed by atoms with Crippen LogP contribution in [0.15, 0.2) is 24.3 Å². The minimum absolute atomic E-state index is 0.109. The number of rotatable bonds is 3. The van der Waals surface area contributed by atoms with Crippen LogP contribution in [0.1, 0.15) is 36.8 Å². The number of carbonyl (C=O) groups excluding carboxylic acids is 2. The monoisotopic (exact) mass is 273 g/mol. The molecule has 1 aromatic carbocycles. The van der Waals surface area contributed by atoms with Crippen LogP contribution < -0.4 is 0 Å². The zero-order valence-electron chi connectivity index (χ0n) is 12.3. The van der Waals surface area contributed by atoms with Gasteiger partial charge in [-0.05, 0) is 33.8 Å². The average molecular weight is 273 g/mol. The van der Waals surface area contributed by atoms with Gasteiger partial charge in [0.25, 0.3) is 0 Å². The van der Waals surface area contributed by atoms with Gasteiger partial charge < -0.3 is 9.30 Å².